The predicted molar refractivity (Wildman–Crippen MR) is 85.9 cm³/mol. The lowest BCUT2D eigenvalue weighted by atomic mass is 10.1. The lowest BCUT2D eigenvalue weighted by molar-refractivity contribution is -0.114. The normalized spacial score (nSPS) is 10.6. The second-order valence-electron chi connectivity index (χ2n) is 4.58. The summed E-state index contributed by atoms with van der Waals surface area (Å²) < 4.78 is 6.39. The number of hydrogen-bond donors (Lipinski definition) is 1. The Balaban J connectivity index is 2.15. The number of methoxy groups -OCH3 is 1. The number of nitrogens with one attached hydrogen (secondary N) is 1. The molecule has 0 spiro atoms. The van der Waals surface area contributed by atoms with E-state index in [2.05, 4.69) is 10.3 Å². The molecule has 0 aliphatic heterocycles. The van der Waals surface area contributed by atoms with Crippen LogP contribution < -0.4 is 10.1 Å². The van der Waals surface area contributed by atoms with Gasteiger partial charge in [-0.15, -0.1) is 11.3 Å². The van der Waals surface area contributed by atoms with Gasteiger partial charge in [-0.2, -0.15) is 0 Å². The van der Waals surface area contributed by atoms with E-state index in [1.54, 1.807) is 18.4 Å². The number of fused-ring (bicyclic) bond motifs is 1. The highest BCUT2D eigenvalue weighted by Crippen LogP contribution is 2.36. The molecular weight excluding hydrogens is 284 g/mol. The quantitative estimate of drug-likeness (QED) is 0.797. The summed E-state index contributed by atoms with van der Waals surface area (Å²) >= 11 is 1.59. The third kappa shape index (κ3) is 2.73. The van der Waals surface area contributed by atoms with E-state index in [1.165, 1.54) is 6.92 Å². The highest BCUT2D eigenvalue weighted by Gasteiger charge is 2.12. The lowest BCUT2D eigenvalue weighted by Crippen LogP contribution is -2.07. The monoisotopic (exact) mass is 298 g/mol. The second kappa shape index (κ2) is 5.54. The molecule has 2 aromatic carbocycles. The molecule has 0 radical (unpaired) electrons. The zero-order chi connectivity index (χ0) is 14.8. The molecular formula is C16H14N2O2S. The number of benzene rings is 2. The van der Waals surface area contributed by atoms with Gasteiger partial charge >= 0.3 is 0 Å². The van der Waals surface area contributed by atoms with Gasteiger partial charge in [0.1, 0.15) is 10.8 Å². The van der Waals surface area contributed by atoms with Gasteiger partial charge in [0.05, 0.1) is 23.0 Å². The van der Waals surface area contributed by atoms with Crippen LogP contribution in [0.4, 0.5) is 5.69 Å². The van der Waals surface area contributed by atoms with E-state index < -0.39 is 0 Å². The Hall–Kier alpha value is -2.40. The number of para-hydroxylation sites is 1. The maximum Gasteiger partial charge on any atom is 0.221 e. The zero-order valence-electron chi connectivity index (χ0n) is 11.7. The fourth-order valence-electron chi connectivity index (χ4n) is 2.11. The van der Waals surface area contributed by atoms with Gasteiger partial charge in [0.25, 0.3) is 0 Å². The smallest absolute Gasteiger partial charge is 0.221 e. The SMILES string of the molecule is COc1ccc(NC(C)=O)c(-c2nc3ccccc3s2)c1. The van der Waals surface area contributed by atoms with Gasteiger partial charge in [0.15, 0.2) is 0 Å². The van der Waals surface area contributed by atoms with Crippen molar-refractivity contribution < 1.29 is 9.53 Å². The van der Waals surface area contributed by atoms with Crippen molar-refractivity contribution >= 4 is 33.1 Å². The van der Waals surface area contributed by atoms with E-state index in [0.29, 0.717) is 0 Å². The summed E-state index contributed by atoms with van der Waals surface area (Å²) in [6, 6.07) is 13.5. The Morgan fingerprint density at radius 3 is 2.76 bits per heavy atom. The fraction of sp³-hybridized carbons (Fsp3) is 0.125. The molecule has 0 saturated carbocycles. The summed E-state index contributed by atoms with van der Waals surface area (Å²) in [5, 5.41) is 3.70. The van der Waals surface area contributed by atoms with Crippen LogP contribution in [0, 0.1) is 0 Å². The van der Waals surface area contributed by atoms with Crippen LogP contribution >= 0.6 is 11.3 Å². The van der Waals surface area contributed by atoms with E-state index in [1.807, 2.05) is 42.5 Å². The Kier molecular flexibility index (Phi) is 3.58. The van der Waals surface area contributed by atoms with Crippen LogP contribution in [-0.2, 0) is 4.79 Å². The van der Waals surface area contributed by atoms with E-state index >= 15 is 0 Å². The number of carbonyl (C=O) groups excluding carboxylic acids is 1. The highest BCUT2D eigenvalue weighted by atomic mass is 32.1. The van der Waals surface area contributed by atoms with Crippen molar-refractivity contribution in [1.82, 2.24) is 4.98 Å². The first kappa shape index (κ1) is 13.6. The van der Waals surface area contributed by atoms with Crippen molar-refractivity contribution in [2.75, 3.05) is 12.4 Å². The maximum absolute atomic E-state index is 11.4. The molecule has 106 valence electrons. The molecule has 0 saturated heterocycles. The van der Waals surface area contributed by atoms with Crippen LogP contribution in [0.2, 0.25) is 0 Å². The first-order valence-corrected chi connectivity index (χ1v) is 7.30. The molecule has 0 unspecified atom stereocenters. The maximum atomic E-state index is 11.4. The van der Waals surface area contributed by atoms with Gasteiger partial charge in [0.2, 0.25) is 5.91 Å². The molecule has 21 heavy (non-hydrogen) atoms. The largest absolute Gasteiger partial charge is 0.497 e. The van der Waals surface area contributed by atoms with E-state index in [-0.39, 0.29) is 5.91 Å². The van der Waals surface area contributed by atoms with E-state index in [4.69, 9.17) is 4.74 Å². The molecule has 0 bridgehead atoms. The summed E-state index contributed by atoms with van der Waals surface area (Å²) in [7, 11) is 1.62. The highest BCUT2D eigenvalue weighted by molar-refractivity contribution is 7.21. The third-order valence-electron chi connectivity index (χ3n) is 3.06. The average molecular weight is 298 g/mol. The summed E-state index contributed by atoms with van der Waals surface area (Å²) in [4.78, 5) is 16.0. The molecule has 1 heterocycles. The van der Waals surface area contributed by atoms with Crippen molar-refractivity contribution in [2.24, 2.45) is 0 Å². The Morgan fingerprint density at radius 1 is 1.24 bits per heavy atom. The molecule has 5 heteroatoms. The number of thiazole rings is 1. The van der Waals surface area contributed by atoms with Gasteiger partial charge in [-0.05, 0) is 30.3 Å². The molecule has 1 amide bonds. The van der Waals surface area contributed by atoms with Crippen LogP contribution in [0.3, 0.4) is 0 Å². The van der Waals surface area contributed by atoms with Gasteiger partial charge in [0, 0.05) is 12.5 Å². The topological polar surface area (TPSA) is 51.2 Å². The van der Waals surface area contributed by atoms with Crippen LogP contribution in [0.25, 0.3) is 20.8 Å². The molecule has 3 rings (SSSR count). The summed E-state index contributed by atoms with van der Waals surface area (Å²) in [5.74, 6) is 0.626. The predicted octanol–water partition coefficient (Wildman–Crippen LogP) is 3.93. The number of rotatable bonds is 3. The molecule has 0 aliphatic carbocycles. The summed E-state index contributed by atoms with van der Waals surface area (Å²) in [6.45, 7) is 1.49. The number of ether oxygens (including phenoxy) is 1. The van der Waals surface area contributed by atoms with Crippen LogP contribution in [0.15, 0.2) is 42.5 Å². The standard InChI is InChI=1S/C16H14N2O2S/c1-10(19)17-13-8-7-11(20-2)9-12(13)16-18-14-5-3-4-6-15(14)21-16/h3-9H,1-2H3,(H,17,19). The first-order chi connectivity index (χ1) is 10.2. The van der Waals surface area contributed by atoms with Gasteiger partial charge in [-0.3, -0.25) is 4.79 Å². The van der Waals surface area contributed by atoms with Crippen molar-refractivity contribution in [3.8, 4) is 16.3 Å². The number of carbonyl (C=O) groups is 1. The number of nitrogens with zero attached hydrogens (tertiary/aromatic N) is 1. The van der Waals surface area contributed by atoms with Gasteiger partial charge in [-0.25, -0.2) is 4.98 Å². The van der Waals surface area contributed by atoms with Crippen molar-refractivity contribution in [3.63, 3.8) is 0 Å². The van der Waals surface area contributed by atoms with Crippen LogP contribution in [0.1, 0.15) is 6.92 Å². The minimum absolute atomic E-state index is 0.109. The Bertz CT molecular complexity index is 778. The van der Waals surface area contributed by atoms with E-state index in [0.717, 1.165) is 32.2 Å². The fourth-order valence-corrected chi connectivity index (χ4v) is 3.11. The number of amides is 1. The zero-order valence-corrected chi connectivity index (χ0v) is 12.5. The molecule has 0 fully saturated rings. The number of hydrogen-bond acceptors (Lipinski definition) is 4. The first-order valence-electron chi connectivity index (χ1n) is 6.49. The lowest BCUT2D eigenvalue weighted by Gasteiger charge is -2.09. The Morgan fingerprint density at radius 2 is 2.05 bits per heavy atom. The van der Waals surface area contributed by atoms with Gasteiger partial charge < -0.3 is 10.1 Å². The second-order valence-corrected chi connectivity index (χ2v) is 5.61. The molecule has 4 nitrogen and oxygen atoms in total. The van der Waals surface area contributed by atoms with Crippen LogP contribution in [-0.4, -0.2) is 18.0 Å². The summed E-state index contributed by atoms with van der Waals surface area (Å²) in [6.07, 6.45) is 0. The number of anilines is 1. The average Bonchev–Trinajstić information content (AvgIpc) is 2.90. The van der Waals surface area contributed by atoms with Gasteiger partial charge in [-0.1, -0.05) is 12.1 Å². The molecule has 1 N–H and O–H groups in total. The van der Waals surface area contributed by atoms with Crippen LogP contribution in [0.5, 0.6) is 5.75 Å². The minimum atomic E-state index is -0.109. The van der Waals surface area contributed by atoms with Crippen molar-refractivity contribution in [1.29, 1.82) is 0 Å². The third-order valence-corrected chi connectivity index (χ3v) is 4.13. The Labute approximate surface area is 126 Å². The summed E-state index contributed by atoms with van der Waals surface area (Å²) in [5.41, 5.74) is 2.56. The van der Waals surface area contributed by atoms with E-state index in [9.17, 15) is 4.79 Å². The van der Waals surface area contributed by atoms with Crippen molar-refractivity contribution in [3.05, 3.63) is 42.5 Å². The molecule has 0 aliphatic rings. The molecule has 3 aromatic rings. The number of aromatic nitrogens is 1. The molecule has 1 aromatic heterocycles. The molecule has 0 atom stereocenters. The van der Waals surface area contributed by atoms with Crippen molar-refractivity contribution in [2.45, 2.75) is 6.92 Å². The minimum Gasteiger partial charge on any atom is -0.497 e.